The van der Waals surface area contributed by atoms with Crippen molar-refractivity contribution in [1.29, 1.82) is 0 Å². The molecule has 0 saturated heterocycles. The molecule has 0 radical (unpaired) electrons. The van der Waals surface area contributed by atoms with E-state index in [1.807, 2.05) is 20.8 Å². The first-order chi connectivity index (χ1) is 26.3. The average molecular weight is 809 g/mol. The highest BCUT2D eigenvalue weighted by molar-refractivity contribution is 6.33. The van der Waals surface area contributed by atoms with Gasteiger partial charge in [-0.05, 0) is 79.8 Å². The zero-order valence-electron chi connectivity index (χ0n) is 30.7. The summed E-state index contributed by atoms with van der Waals surface area (Å²) in [5.41, 5.74) is 6.24. The largest absolute Gasteiger partial charge is 0.447 e. The van der Waals surface area contributed by atoms with Crippen LogP contribution in [-0.4, -0.2) is 78.0 Å². The van der Waals surface area contributed by atoms with Gasteiger partial charge in [-0.25, -0.2) is 18.9 Å². The molecule has 3 aliphatic carbocycles. The third-order valence-corrected chi connectivity index (χ3v) is 10.3. The summed E-state index contributed by atoms with van der Waals surface area (Å²) in [6.07, 6.45) is -0.328. The number of ether oxygens (including phenoxy) is 1. The van der Waals surface area contributed by atoms with Gasteiger partial charge in [0.2, 0.25) is 0 Å². The number of guanidine groups is 1. The first-order valence-corrected chi connectivity index (χ1v) is 18.0. The van der Waals surface area contributed by atoms with Crippen LogP contribution in [0.2, 0.25) is 5.02 Å². The van der Waals surface area contributed by atoms with Gasteiger partial charge in [0.05, 0.1) is 22.8 Å². The molecule has 3 saturated carbocycles. The highest BCUT2D eigenvalue weighted by atomic mass is 35.5. The molecular formula is C36H39ClF6N10O3. The van der Waals surface area contributed by atoms with E-state index in [4.69, 9.17) is 22.1 Å². The lowest BCUT2D eigenvalue weighted by Gasteiger charge is -2.61. The van der Waals surface area contributed by atoms with Crippen LogP contribution < -0.4 is 11.1 Å². The second kappa shape index (κ2) is 15.4. The van der Waals surface area contributed by atoms with Gasteiger partial charge in [-0.1, -0.05) is 43.7 Å². The van der Waals surface area contributed by atoms with E-state index in [-0.39, 0.29) is 56.3 Å². The molecule has 13 nitrogen and oxygen atoms in total. The van der Waals surface area contributed by atoms with Gasteiger partial charge in [0.15, 0.2) is 11.8 Å². The topological polar surface area (TPSA) is 158 Å². The van der Waals surface area contributed by atoms with Crippen molar-refractivity contribution in [3.8, 4) is 22.6 Å². The summed E-state index contributed by atoms with van der Waals surface area (Å²) >= 11 is 6.42. The standard InChI is InChI=1S/C36H39ClF6N10O3/c1-19(36(41,42)43)48-33(55)56-17-28(21-6-8-25(37)24(11-21)29-46-18-47-53(29)31(39)40)52(32(44)45-10-9-34(2,3)4)30(54)22-5-7-23(26(38)12-22)27-16-51(50-49-27)35-13-20(14-35)15-35/h5-8,11-12,16,18-20,28,31H,9-10,13-15,17H2,1-4H3,(H2,44,45)(H,48,55)/t19-,20?,28+,35?/m0/s1. The number of halogens is 7. The van der Waals surface area contributed by atoms with E-state index in [2.05, 4.69) is 25.4 Å². The Morgan fingerprint density at radius 2 is 1.84 bits per heavy atom. The molecule has 56 heavy (non-hydrogen) atoms. The molecule has 20 heteroatoms. The Hall–Kier alpha value is -5.20. The first-order valence-electron chi connectivity index (χ1n) is 17.6. The number of carbonyl (C=O) groups excluding carboxylic acids is 2. The van der Waals surface area contributed by atoms with Crippen LogP contribution in [0.4, 0.5) is 31.1 Å². The van der Waals surface area contributed by atoms with Gasteiger partial charge < -0.3 is 15.8 Å². The lowest BCUT2D eigenvalue weighted by atomic mass is 9.50. The number of rotatable bonds is 12. The third-order valence-electron chi connectivity index (χ3n) is 9.96. The van der Waals surface area contributed by atoms with Gasteiger partial charge >= 0.3 is 18.8 Å². The number of alkyl carbamates (subject to hydrolysis) is 1. The van der Waals surface area contributed by atoms with Crippen molar-refractivity contribution in [2.24, 2.45) is 22.1 Å². The Bertz CT molecular complexity index is 2110. The van der Waals surface area contributed by atoms with Crippen molar-refractivity contribution in [3.63, 3.8) is 0 Å². The second-order valence-corrected chi connectivity index (χ2v) is 15.6. The summed E-state index contributed by atoms with van der Waals surface area (Å²) in [4.78, 5) is 36.4. The number of aliphatic imine (C=N–C) groups is 1. The minimum absolute atomic E-state index is 0.0505. The Morgan fingerprint density at radius 3 is 2.45 bits per heavy atom. The SMILES string of the molecule is C[C@H](NC(=O)OC[C@H](c1ccc(Cl)c(-c2ncnn2C(F)F)c1)N(C(=O)c1ccc(-c2cn(C34CC(C3)C4)nn2)c(F)c1)C(N)=NCCC(C)(C)C)C(F)(F)F. The molecule has 2 atom stereocenters. The van der Waals surface area contributed by atoms with Crippen molar-refractivity contribution in [1.82, 2.24) is 40.0 Å². The number of nitrogens with zero attached hydrogens (tertiary/aromatic N) is 8. The molecule has 3 fully saturated rings. The van der Waals surface area contributed by atoms with E-state index in [1.165, 1.54) is 30.3 Å². The second-order valence-electron chi connectivity index (χ2n) is 15.2. The molecule has 2 aromatic heterocycles. The molecule has 2 heterocycles. The fraction of sp³-hybridized carbons (Fsp3) is 0.472. The van der Waals surface area contributed by atoms with Crippen LogP contribution >= 0.6 is 11.6 Å². The number of hydrogen-bond donors (Lipinski definition) is 2. The van der Waals surface area contributed by atoms with E-state index in [1.54, 1.807) is 16.2 Å². The van der Waals surface area contributed by atoms with Gasteiger partial charge in [-0.15, -0.1) is 5.10 Å². The molecule has 0 spiro atoms. The monoisotopic (exact) mass is 808 g/mol. The van der Waals surface area contributed by atoms with Crippen LogP contribution in [0.1, 0.15) is 81.9 Å². The van der Waals surface area contributed by atoms with Gasteiger partial charge in [0.25, 0.3) is 5.91 Å². The van der Waals surface area contributed by atoms with Crippen molar-refractivity contribution in [2.75, 3.05) is 13.2 Å². The molecular weight excluding hydrogens is 770 g/mol. The molecule has 2 bridgehead atoms. The van der Waals surface area contributed by atoms with Crippen LogP contribution in [-0.2, 0) is 10.3 Å². The zero-order valence-corrected chi connectivity index (χ0v) is 31.5. The highest BCUT2D eigenvalue weighted by Crippen LogP contribution is 2.62. The fourth-order valence-corrected chi connectivity index (χ4v) is 6.80. The Balaban J connectivity index is 1.40. The number of alkyl halides is 5. The predicted molar refractivity (Wildman–Crippen MR) is 192 cm³/mol. The number of nitrogens with one attached hydrogen (secondary N) is 1. The van der Waals surface area contributed by atoms with Gasteiger partial charge in [0.1, 0.15) is 30.5 Å². The molecule has 2 amide bonds. The van der Waals surface area contributed by atoms with Gasteiger partial charge in [-0.2, -0.15) is 31.7 Å². The van der Waals surface area contributed by atoms with E-state index in [9.17, 15) is 31.5 Å². The van der Waals surface area contributed by atoms with Crippen molar-refractivity contribution in [2.45, 2.75) is 83.7 Å². The van der Waals surface area contributed by atoms with Crippen LogP contribution in [0.5, 0.6) is 0 Å². The molecule has 4 aromatic rings. The van der Waals surface area contributed by atoms with Gasteiger partial charge in [0, 0.05) is 23.2 Å². The molecule has 2 aromatic carbocycles. The first kappa shape index (κ1) is 40.5. The maximum absolute atomic E-state index is 15.9. The molecule has 3 aliphatic rings. The summed E-state index contributed by atoms with van der Waals surface area (Å²) in [5, 5.41) is 13.5. The lowest BCUT2D eigenvalue weighted by Crippen LogP contribution is -2.59. The summed E-state index contributed by atoms with van der Waals surface area (Å²) in [6, 6.07) is 3.74. The Kier molecular flexibility index (Phi) is 11.1. The molecule has 3 N–H and O–H groups in total. The maximum atomic E-state index is 15.9. The summed E-state index contributed by atoms with van der Waals surface area (Å²) in [7, 11) is 0. The zero-order chi connectivity index (χ0) is 40.7. The van der Waals surface area contributed by atoms with Crippen LogP contribution in [0.3, 0.4) is 0 Å². The van der Waals surface area contributed by atoms with Crippen LogP contribution in [0, 0.1) is 17.2 Å². The summed E-state index contributed by atoms with van der Waals surface area (Å²) < 4.78 is 90.7. The quantitative estimate of drug-likeness (QED) is 0.0846. The number of carbonyl (C=O) groups is 2. The maximum Gasteiger partial charge on any atom is 0.408 e. The number of amides is 2. The normalized spacial score (nSPS) is 19.2. The fourth-order valence-electron chi connectivity index (χ4n) is 6.60. The number of nitrogens with two attached hydrogens (primary N) is 1. The summed E-state index contributed by atoms with van der Waals surface area (Å²) in [5.74, 6) is -1.89. The van der Waals surface area contributed by atoms with E-state index < -0.39 is 55.2 Å². The lowest BCUT2D eigenvalue weighted by molar-refractivity contribution is -0.150. The Labute approximate surface area is 322 Å². The summed E-state index contributed by atoms with van der Waals surface area (Å²) in [6.45, 7) is 2.68. The Morgan fingerprint density at radius 1 is 1.12 bits per heavy atom. The van der Waals surface area contributed by atoms with Crippen molar-refractivity contribution >= 4 is 29.6 Å². The molecule has 0 aliphatic heterocycles. The predicted octanol–water partition coefficient (Wildman–Crippen LogP) is 7.51. The average Bonchev–Trinajstić information content (AvgIpc) is 3.75. The minimum atomic E-state index is -4.81. The minimum Gasteiger partial charge on any atom is -0.447 e. The van der Waals surface area contributed by atoms with E-state index >= 15 is 4.39 Å². The van der Waals surface area contributed by atoms with E-state index in [0.717, 1.165) is 36.6 Å². The number of aromatic nitrogens is 6. The van der Waals surface area contributed by atoms with E-state index in [0.29, 0.717) is 23.9 Å². The number of hydrogen-bond acceptors (Lipinski definition) is 8. The van der Waals surface area contributed by atoms with Crippen LogP contribution in [0.25, 0.3) is 22.6 Å². The molecule has 7 rings (SSSR count). The third kappa shape index (κ3) is 8.46. The van der Waals surface area contributed by atoms with Crippen molar-refractivity contribution < 1.29 is 40.7 Å². The van der Waals surface area contributed by atoms with Gasteiger partial charge in [-0.3, -0.25) is 14.7 Å². The molecule has 0 unspecified atom stereocenters. The molecule has 300 valence electrons. The smallest absolute Gasteiger partial charge is 0.408 e. The van der Waals surface area contributed by atoms with Crippen LogP contribution in [0.15, 0.2) is 53.9 Å². The van der Waals surface area contributed by atoms with Crippen molar-refractivity contribution in [3.05, 3.63) is 70.9 Å². The number of benzene rings is 2. The highest BCUT2D eigenvalue weighted by Gasteiger charge is 2.58.